The maximum atomic E-state index is 5.78. The molecule has 2 aromatic heterocycles. The number of nitrogens with two attached hydrogens (primary N) is 1. The molecule has 0 bridgehead atoms. The number of anilines is 1. The Balaban J connectivity index is 2.57. The van der Waals surface area contributed by atoms with Crippen molar-refractivity contribution in [2.24, 2.45) is 0 Å². The molecule has 0 unspecified atom stereocenters. The minimum absolute atomic E-state index is 0.666. The first-order chi connectivity index (χ1) is 6.27. The smallest absolute Gasteiger partial charge is 0.108 e. The molecule has 0 atom stereocenters. The van der Waals surface area contributed by atoms with Gasteiger partial charge in [0.1, 0.15) is 4.60 Å². The van der Waals surface area contributed by atoms with E-state index in [4.69, 9.17) is 5.73 Å². The molecule has 2 aromatic rings. The lowest BCUT2D eigenvalue weighted by Crippen LogP contribution is -1.98. The van der Waals surface area contributed by atoms with Crippen LogP contribution in [0.25, 0.3) is 5.69 Å². The van der Waals surface area contributed by atoms with E-state index in [0.29, 0.717) is 5.69 Å². The first-order valence-electron chi connectivity index (χ1n) is 3.82. The van der Waals surface area contributed by atoms with Crippen LogP contribution in [0.4, 0.5) is 5.69 Å². The van der Waals surface area contributed by atoms with Crippen LogP contribution in [-0.4, -0.2) is 9.55 Å². The molecule has 0 saturated heterocycles. The zero-order valence-electron chi connectivity index (χ0n) is 6.81. The molecule has 2 N–H and O–H groups in total. The molecule has 0 spiro atoms. The molecule has 0 radical (unpaired) electrons. The van der Waals surface area contributed by atoms with Gasteiger partial charge in [-0.1, -0.05) is 0 Å². The molecule has 3 nitrogen and oxygen atoms in total. The van der Waals surface area contributed by atoms with Crippen molar-refractivity contribution in [3.63, 3.8) is 0 Å². The molecule has 0 aromatic carbocycles. The lowest BCUT2D eigenvalue weighted by atomic mass is 10.3. The topological polar surface area (TPSA) is 43.8 Å². The van der Waals surface area contributed by atoms with Crippen LogP contribution in [0.5, 0.6) is 0 Å². The number of hydrogen-bond donors (Lipinski definition) is 1. The molecule has 2 rings (SSSR count). The second-order valence-corrected chi connectivity index (χ2v) is 3.47. The lowest BCUT2D eigenvalue weighted by molar-refractivity contribution is 1.07. The fourth-order valence-electron chi connectivity index (χ4n) is 1.15. The largest absolute Gasteiger partial charge is 0.396 e. The maximum Gasteiger partial charge on any atom is 0.108 e. The average molecular weight is 238 g/mol. The third kappa shape index (κ3) is 1.58. The Morgan fingerprint density at radius 3 is 2.69 bits per heavy atom. The summed E-state index contributed by atoms with van der Waals surface area (Å²) >= 11 is 3.30. The Hall–Kier alpha value is -1.29. The van der Waals surface area contributed by atoms with E-state index in [1.54, 1.807) is 6.20 Å². The van der Waals surface area contributed by atoms with Crippen molar-refractivity contribution in [3.05, 3.63) is 41.4 Å². The Bertz CT molecular complexity index is 409. The minimum Gasteiger partial charge on any atom is -0.396 e. The van der Waals surface area contributed by atoms with E-state index < -0.39 is 0 Å². The van der Waals surface area contributed by atoms with Crippen LogP contribution in [0.2, 0.25) is 0 Å². The fraction of sp³-hybridized carbons (Fsp3) is 0. The summed E-state index contributed by atoms with van der Waals surface area (Å²) in [4.78, 5) is 4.03. The van der Waals surface area contributed by atoms with Gasteiger partial charge in [-0.3, -0.25) is 0 Å². The monoisotopic (exact) mass is 237 g/mol. The summed E-state index contributed by atoms with van der Waals surface area (Å²) in [6.07, 6.45) is 5.52. The predicted octanol–water partition coefficient (Wildman–Crippen LogP) is 2.22. The van der Waals surface area contributed by atoms with E-state index in [9.17, 15) is 0 Å². The first-order valence-corrected chi connectivity index (χ1v) is 4.61. The van der Waals surface area contributed by atoms with Gasteiger partial charge < -0.3 is 10.3 Å². The predicted molar refractivity (Wildman–Crippen MR) is 55.7 cm³/mol. The van der Waals surface area contributed by atoms with Crippen molar-refractivity contribution >= 4 is 21.6 Å². The zero-order chi connectivity index (χ0) is 9.26. The van der Waals surface area contributed by atoms with Gasteiger partial charge >= 0.3 is 0 Å². The summed E-state index contributed by atoms with van der Waals surface area (Å²) in [6.45, 7) is 0. The van der Waals surface area contributed by atoms with Gasteiger partial charge in [0.15, 0.2) is 0 Å². The SMILES string of the molecule is Nc1cnc(Br)cc1-n1cccc1. The Kier molecular flexibility index (Phi) is 2.06. The van der Waals surface area contributed by atoms with E-state index in [0.717, 1.165) is 10.3 Å². The number of nitrogen functional groups attached to an aromatic ring is 1. The number of nitrogens with zero attached hydrogens (tertiary/aromatic N) is 2. The molecule has 0 amide bonds. The summed E-state index contributed by atoms with van der Waals surface area (Å²) in [7, 11) is 0. The van der Waals surface area contributed by atoms with Gasteiger partial charge in [0.25, 0.3) is 0 Å². The van der Waals surface area contributed by atoms with Gasteiger partial charge in [0, 0.05) is 12.4 Å². The van der Waals surface area contributed by atoms with Crippen molar-refractivity contribution in [2.75, 3.05) is 5.73 Å². The summed E-state index contributed by atoms with van der Waals surface area (Å²) < 4.78 is 2.73. The van der Waals surface area contributed by atoms with E-state index in [1.807, 2.05) is 35.2 Å². The molecule has 4 heteroatoms. The van der Waals surface area contributed by atoms with Crippen LogP contribution in [0.3, 0.4) is 0 Å². The van der Waals surface area contributed by atoms with E-state index in [2.05, 4.69) is 20.9 Å². The first kappa shape index (κ1) is 8.31. The third-order valence-corrected chi connectivity index (χ3v) is 2.19. The van der Waals surface area contributed by atoms with Crippen LogP contribution < -0.4 is 5.73 Å². The minimum atomic E-state index is 0.666. The van der Waals surface area contributed by atoms with Crippen LogP contribution >= 0.6 is 15.9 Å². The lowest BCUT2D eigenvalue weighted by Gasteiger charge is -2.06. The molecule has 13 heavy (non-hydrogen) atoms. The summed E-state index contributed by atoms with van der Waals surface area (Å²) in [5, 5.41) is 0. The maximum absolute atomic E-state index is 5.78. The Morgan fingerprint density at radius 2 is 2.00 bits per heavy atom. The van der Waals surface area contributed by atoms with Crippen molar-refractivity contribution in [3.8, 4) is 5.69 Å². The molecular weight excluding hydrogens is 230 g/mol. The highest BCUT2D eigenvalue weighted by atomic mass is 79.9. The Labute approximate surface area is 84.3 Å². The van der Waals surface area contributed by atoms with Gasteiger partial charge in [0.2, 0.25) is 0 Å². The zero-order valence-corrected chi connectivity index (χ0v) is 8.40. The van der Waals surface area contributed by atoms with Crippen molar-refractivity contribution in [2.45, 2.75) is 0 Å². The van der Waals surface area contributed by atoms with E-state index in [-0.39, 0.29) is 0 Å². The van der Waals surface area contributed by atoms with Crippen LogP contribution in [0, 0.1) is 0 Å². The van der Waals surface area contributed by atoms with Gasteiger partial charge in [-0.2, -0.15) is 0 Å². The highest BCUT2D eigenvalue weighted by Crippen LogP contribution is 2.19. The highest BCUT2D eigenvalue weighted by Gasteiger charge is 2.01. The van der Waals surface area contributed by atoms with Crippen molar-refractivity contribution < 1.29 is 0 Å². The average Bonchev–Trinajstić information content (AvgIpc) is 2.61. The standard InChI is InChI=1S/C9H8BrN3/c10-9-5-8(7(11)6-12-9)13-3-1-2-4-13/h1-6H,11H2. The van der Waals surface area contributed by atoms with Gasteiger partial charge in [-0.15, -0.1) is 0 Å². The molecule has 0 fully saturated rings. The summed E-state index contributed by atoms with van der Waals surface area (Å²) in [5.41, 5.74) is 7.38. The van der Waals surface area contributed by atoms with Gasteiger partial charge in [0.05, 0.1) is 17.6 Å². The number of halogens is 1. The van der Waals surface area contributed by atoms with Crippen molar-refractivity contribution in [1.82, 2.24) is 9.55 Å². The summed E-state index contributed by atoms with van der Waals surface area (Å²) in [5.74, 6) is 0. The van der Waals surface area contributed by atoms with E-state index >= 15 is 0 Å². The van der Waals surface area contributed by atoms with Crippen LogP contribution in [0.1, 0.15) is 0 Å². The molecule has 0 aliphatic carbocycles. The third-order valence-electron chi connectivity index (χ3n) is 1.76. The van der Waals surface area contributed by atoms with Gasteiger partial charge in [-0.05, 0) is 34.1 Å². The number of pyridine rings is 1. The molecule has 0 aliphatic rings. The van der Waals surface area contributed by atoms with Gasteiger partial charge in [-0.25, -0.2) is 4.98 Å². The highest BCUT2D eigenvalue weighted by molar-refractivity contribution is 9.10. The molecule has 66 valence electrons. The van der Waals surface area contributed by atoms with Crippen LogP contribution in [0.15, 0.2) is 41.4 Å². The number of hydrogen-bond acceptors (Lipinski definition) is 2. The molecular formula is C9H8BrN3. The Morgan fingerprint density at radius 1 is 1.31 bits per heavy atom. The number of aromatic nitrogens is 2. The second-order valence-electron chi connectivity index (χ2n) is 2.66. The molecule has 0 aliphatic heterocycles. The molecule has 0 saturated carbocycles. The fourth-order valence-corrected chi connectivity index (χ4v) is 1.47. The van der Waals surface area contributed by atoms with E-state index in [1.165, 1.54) is 0 Å². The normalized spacial score (nSPS) is 10.2. The molecule has 2 heterocycles. The van der Waals surface area contributed by atoms with Crippen molar-refractivity contribution in [1.29, 1.82) is 0 Å². The quantitative estimate of drug-likeness (QED) is 0.774. The summed E-state index contributed by atoms with van der Waals surface area (Å²) in [6, 6.07) is 5.79. The van der Waals surface area contributed by atoms with Crippen LogP contribution in [-0.2, 0) is 0 Å². The number of rotatable bonds is 1. The second kappa shape index (κ2) is 3.22.